The van der Waals surface area contributed by atoms with Crippen LogP contribution in [0.5, 0.6) is 0 Å². The van der Waals surface area contributed by atoms with Crippen molar-refractivity contribution in [1.29, 1.82) is 5.26 Å². The molecule has 24 heavy (non-hydrogen) atoms. The molecule has 3 aromatic rings. The molecular formula is C15H11N5O3S. The van der Waals surface area contributed by atoms with E-state index in [0.717, 1.165) is 17.3 Å². The van der Waals surface area contributed by atoms with Crippen LogP contribution in [0.15, 0.2) is 45.0 Å². The van der Waals surface area contributed by atoms with Crippen LogP contribution in [0.25, 0.3) is 11.4 Å². The maximum atomic E-state index is 11.2. The van der Waals surface area contributed by atoms with Gasteiger partial charge in [0.1, 0.15) is 5.76 Å². The second-order valence-electron chi connectivity index (χ2n) is 4.91. The summed E-state index contributed by atoms with van der Waals surface area (Å²) in [6.07, 6.45) is 1.57. The maximum absolute atomic E-state index is 11.2. The predicted molar refractivity (Wildman–Crippen MR) is 85.4 cm³/mol. The van der Waals surface area contributed by atoms with Crippen LogP contribution in [0.2, 0.25) is 0 Å². The number of nitro groups is 1. The maximum Gasteiger partial charge on any atom is 0.284 e. The van der Waals surface area contributed by atoms with E-state index in [0.29, 0.717) is 21.6 Å². The van der Waals surface area contributed by atoms with Gasteiger partial charge in [-0.1, -0.05) is 0 Å². The first-order valence-corrected chi connectivity index (χ1v) is 7.63. The quantitative estimate of drug-likeness (QED) is 0.528. The van der Waals surface area contributed by atoms with E-state index >= 15 is 0 Å². The Balaban J connectivity index is 1.99. The van der Waals surface area contributed by atoms with Crippen molar-refractivity contribution < 1.29 is 9.34 Å². The molecule has 1 aromatic carbocycles. The summed E-state index contributed by atoms with van der Waals surface area (Å²) in [6.45, 7) is 1.82. The van der Waals surface area contributed by atoms with Gasteiger partial charge in [-0.25, -0.2) is 0 Å². The molecule has 120 valence electrons. The zero-order valence-electron chi connectivity index (χ0n) is 12.8. The Bertz CT molecular complexity index is 970. The summed E-state index contributed by atoms with van der Waals surface area (Å²) in [7, 11) is 1.78. The highest BCUT2D eigenvalue weighted by atomic mass is 32.2. The first-order valence-electron chi connectivity index (χ1n) is 6.81. The van der Waals surface area contributed by atoms with Crippen LogP contribution in [-0.4, -0.2) is 19.7 Å². The smallest absolute Gasteiger partial charge is 0.284 e. The lowest BCUT2D eigenvalue weighted by molar-refractivity contribution is -0.387. The number of rotatable bonds is 4. The Labute approximate surface area is 140 Å². The minimum atomic E-state index is -0.513. The second kappa shape index (κ2) is 6.17. The van der Waals surface area contributed by atoms with E-state index in [9.17, 15) is 10.1 Å². The molecule has 3 rings (SSSR count). The number of nitro benzene ring substituents is 1. The first kappa shape index (κ1) is 15.8. The first-order chi connectivity index (χ1) is 11.5. The van der Waals surface area contributed by atoms with Crippen molar-refractivity contribution in [2.45, 2.75) is 17.0 Å². The van der Waals surface area contributed by atoms with Crippen molar-refractivity contribution in [1.82, 2.24) is 14.8 Å². The minimum Gasteiger partial charge on any atom is -0.469 e. The molecule has 0 amide bonds. The van der Waals surface area contributed by atoms with E-state index in [2.05, 4.69) is 10.2 Å². The van der Waals surface area contributed by atoms with Crippen molar-refractivity contribution in [2.75, 3.05) is 0 Å². The molecule has 0 atom stereocenters. The molecule has 0 radical (unpaired) electrons. The third-order valence-corrected chi connectivity index (χ3v) is 4.52. The van der Waals surface area contributed by atoms with E-state index < -0.39 is 4.92 Å². The van der Waals surface area contributed by atoms with E-state index in [-0.39, 0.29) is 11.3 Å². The predicted octanol–water partition coefficient (Wildman–Crippen LogP) is 3.31. The van der Waals surface area contributed by atoms with Gasteiger partial charge < -0.3 is 8.98 Å². The molecule has 2 aromatic heterocycles. The van der Waals surface area contributed by atoms with Gasteiger partial charge in [-0.05, 0) is 36.9 Å². The van der Waals surface area contributed by atoms with E-state index in [1.54, 1.807) is 30.0 Å². The Morgan fingerprint density at radius 3 is 2.79 bits per heavy atom. The molecule has 0 saturated heterocycles. The fourth-order valence-electron chi connectivity index (χ4n) is 2.17. The third kappa shape index (κ3) is 2.75. The number of nitriles is 1. The Kier molecular flexibility index (Phi) is 4.05. The lowest BCUT2D eigenvalue weighted by atomic mass is 10.2. The average Bonchev–Trinajstić information content (AvgIpc) is 3.14. The summed E-state index contributed by atoms with van der Waals surface area (Å²) < 4.78 is 7.01. The molecule has 0 bridgehead atoms. The van der Waals surface area contributed by atoms with Crippen LogP contribution in [-0.2, 0) is 7.05 Å². The lowest BCUT2D eigenvalue weighted by Gasteiger charge is -2.04. The summed E-state index contributed by atoms with van der Waals surface area (Å²) >= 11 is 1.12. The molecule has 2 heterocycles. The van der Waals surface area contributed by atoms with Crippen molar-refractivity contribution in [3.8, 4) is 17.5 Å². The number of hydrogen-bond acceptors (Lipinski definition) is 7. The number of furan rings is 1. The SMILES string of the molecule is Cc1occc1-c1nnc(Sc2ccc(C#N)cc2[N+](=O)[O-])n1C. The molecule has 0 aliphatic carbocycles. The van der Waals surface area contributed by atoms with Crippen LogP contribution in [0.4, 0.5) is 5.69 Å². The van der Waals surface area contributed by atoms with Crippen LogP contribution in [0, 0.1) is 28.4 Å². The number of hydrogen-bond donors (Lipinski definition) is 0. The van der Waals surface area contributed by atoms with Crippen molar-refractivity contribution in [2.24, 2.45) is 7.05 Å². The van der Waals surface area contributed by atoms with Crippen LogP contribution in [0.3, 0.4) is 0 Å². The Hall–Kier alpha value is -3.12. The topological polar surface area (TPSA) is 111 Å². The standard InChI is InChI=1S/C15H11N5O3S/c1-9-11(5-6-23-9)14-17-18-15(19(14)2)24-13-4-3-10(8-16)7-12(13)20(21)22/h3-7H,1-2H3. The highest BCUT2D eigenvalue weighted by molar-refractivity contribution is 7.99. The highest BCUT2D eigenvalue weighted by Gasteiger charge is 2.20. The minimum absolute atomic E-state index is 0.136. The number of nitrogens with zero attached hydrogens (tertiary/aromatic N) is 5. The van der Waals surface area contributed by atoms with Crippen LogP contribution >= 0.6 is 11.8 Å². The largest absolute Gasteiger partial charge is 0.469 e. The zero-order chi connectivity index (χ0) is 17.3. The molecule has 0 aliphatic rings. The van der Waals surface area contributed by atoms with Gasteiger partial charge in [0.05, 0.1) is 33.3 Å². The summed E-state index contributed by atoms with van der Waals surface area (Å²) in [4.78, 5) is 11.1. The van der Waals surface area contributed by atoms with Gasteiger partial charge in [0.15, 0.2) is 11.0 Å². The van der Waals surface area contributed by atoms with Gasteiger partial charge in [0.25, 0.3) is 5.69 Å². The number of aromatic nitrogens is 3. The van der Waals surface area contributed by atoms with Crippen molar-refractivity contribution >= 4 is 17.4 Å². The van der Waals surface area contributed by atoms with Gasteiger partial charge in [0.2, 0.25) is 0 Å². The molecule has 9 heteroatoms. The fourth-order valence-corrected chi connectivity index (χ4v) is 3.05. The lowest BCUT2D eigenvalue weighted by Crippen LogP contribution is -1.96. The highest BCUT2D eigenvalue weighted by Crippen LogP contribution is 2.35. The normalized spacial score (nSPS) is 10.5. The number of benzene rings is 1. The average molecular weight is 341 g/mol. The zero-order valence-corrected chi connectivity index (χ0v) is 13.6. The molecule has 0 spiro atoms. The van der Waals surface area contributed by atoms with E-state index in [4.69, 9.17) is 9.68 Å². The molecule has 0 fully saturated rings. The summed E-state index contributed by atoms with van der Waals surface area (Å²) in [5.74, 6) is 1.33. The Morgan fingerprint density at radius 1 is 1.38 bits per heavy atom. The fraction of sp³-hybridized carbons (Fsp3) is 0.133. The van der Waals surface area contributed by atoms with Crippen molar-refractivity contribution in [3.63, 3.8) is 0 Å². The summed E-state index contributed by atoms with van der Waals surface area (Å²) in [5.41, 5.74) is 0.910. The van der Waals surface area contributed by atoms with E-state index in [1.807, 2.05) is 13.0 Å². The van der Waals surface area contributed by atoms with Gasteiger partial charge in [-0.2, -0.15) is 5.26 Å². The molecule has 0 aliphatic heterocycles. The molecular weight excluding hydrogens is 330 g/mol. The summed E-state index contributed by atoms with van der Waals surface area (Å²) in [6, 6.07) is 8.01. The van der Waals surface area contributed by atoms with Gasteiger partial charge in [-0.3, -0.25) is 10.1 Å². The van der Waals surface area contributed by atoms with Gasteiger partial charge in [-0.15, -0.1) is 10.2 Å². The Morgan fingerprint density at radius 2 is 2.17 bits per heavy atom. The van der Waals surface area contributed by atoms with Gasteiger partial charge >= 0.3 is 0 Å². The summed E-state index contributed by atoms with van der Waals surface area (Å²) in [5, 5.41) is 28.8. The van der Waals surface area contributed by atoms with E-state index in [1.165, 1.54) is 12.1 Å². The number of aryl methyl sites for hydroxylation is 1. The molecule has 8 nitrogen and oxygen atoms in total. The third-order valence-electron chi connectivity index (χ3n) is 3.42. The van der Waals surface area contributed by atoms with Crippen molar-refractivity contribution in [3.05, 3.63) is 52.0 Å². The molecule has 0 saturated carbocycles. The molecule has 0 unspecified atom stereocenters. The monoisotopic (exact) mass is 341 g/mol. The second-order valence-corrected chi connectivity index (χ2v) is 5.92. The van der Waals surface area contributed by atoms with Crippen LogP contribution < -0.4 is 0 Å². The van der Waals surface area contributed by atoms with Crippen LogP contribution in [0.1, 0.15) is 11.3 Å². The molecule has 0 N–H and O–H groups in total. The van der Waals surface area contributed by atoms with Gasteiger partial charge in [0, 0.05) is 13.1 Å².